The number of hydrogen-bond donors (Lipinski definition) is 0. The summed E-state index contributed by atoms with van der Waals surface area (Å²) in [5.74, 6) is 0. The fourth-order valence-electron chi connectivity index (χ4n) is 5.05. The molecule has 4 aromatic carbocycles. The molecule has 3 heterocycles. The van der Waals surface area contributed by atoms with Crippen molar-refractivity contribution in [2.75, 3.05) is 0 Å². The molecule has 0 fully saturated rings. The first-order valence-electron chi connectivity index (χ1n) is 12.3. The predicted molar refractivity (Wildman–Crippen MR) is 151 cm³/mol. The zero-order valence-electron chi connectivity index (χ0n) is 20.0. The predicted octanol–water partition coefficient (Wildman–Crippen LogP) is 9.04. The largest absolute Gasteiger partial charge is 0.455 e. The number of nitrogens with zero attached hydrogens (tertiary/aromatic N) is 2. The Kier molecular flexibility index (Phi) is 5.11. The average Bonchev–Trinajstić information content (AvgIpc) is 3.37. The molecule has 0 radical (unpaired) electrons. The zero-order chi connectivity index (χ0) is 24.6. The molecule has 37 heavy (non-hydrogen) atoms. The molecule has 0 spiro atoms. The summed E-state index contributed by atoms with van der Waals surface area (Å²) < 4.78 is 6.66. The van der Waals surface area contributed by atoms with E-state index in [1.807, 2.05) is 24.5 Å². The van der Waals surface area contributed by atoms with Gasteiger partial charge in [0, 0.05) is 52.3 Å². The molecule has 3 aromatic heterocycles. The van der Waals surface area contributed by atoms with E-state index >= 15 is 0 Å². The van der Waals surface area contributed by atoms with Crippen LogP contribution in [0.25, 0.3) is 66.4 Å². The smallest absolute Gasteiger partial charge is 0.143 e. The normalized spacial score (nSPS) is 11.2. The third-order valence-corrected chi connectivity index (χ3v) is 6.88. The summed E-state index contributed by atoms with van der Waals surface area (Å²) in [6, 6.07) is 38.0. The molecular formula is C34H22N2O. The molecule has 174 valence electrons. The van der Waals surface area contributed by atoms with Crippen LogP contribution < -0.4 is 0 Å². The van der Waals surface area contributed by atoms with E-state index in [0.717, 1.165) is 66.4 Å². The van der Waals surface area contributed by atoms with Crippen LogP contribution in [0.15, 0.2) is 138 Å². The van der Waals surface area contributed by atoms with E-state index in [-0.39, 0.29) is 0 Å². The summed E-state index contributed by atoms with van der Waals surface area (Å²) >= 11 is 0. The Bertz CT molecular complexity index is 1850. The minimum atomic E-state index is 0.903. The lowest BCUT2D eigenvalue weighted by molar-refractivity contribution is 0.671. The van der Waals surface area contributed by atoms with E-state index < -0.39 is 0 Å². The number of pyridine rings is 2. The van der Waals surface area contributed by atoms with Gasteiger partial charge in [-0.25, -0.2) is 0 Å². The molecule has 0 aliphatic rings. The van der Waals surface area contributed by atoms with Gasteiger partial charge in [-0.2, -0.15) is 0 Å². The van der Waals surface area contributed by atoms with Crippen LogP contribution in [0.4, 0.5) is 0 Å². The second-order valence-electron chi connectivity index (χ2n) is 9.11. The van der Waals surface area contributed by atoms with E-state index in [1.165, 1.54) is 0 Å². The van der Waals surface area contributed by atoms with Gasteiger partial charge in [-0.15, -0.1) is 0 Å². The molecule has 0 aliphatic heterocycles. The van der Waals surface area contributed by atoms with Crippen molar-refractivity contribution in [3.63, 3.8) is 0 Å². The van der Waals surface area contributed by atoms with Crippen molar-refractivity contribution in [3.05, 3.63) is 134 Å². The molecule has 0 saturated heterocycles. The van der Waals surface area contributed by atoms with Gasteiger partial charge in [0.25, 0.3) is 0 Å². The van der Waals surface area contributed by atoms with Crippen molar-refractivity contribution in [1.29, 1.82) is 0 Å². The van der Waals surface area contributed by atoms with Gasteiger partial charge >= 0.3 is 0 Å². The Labute approximate surface area is 214 Å². The average molecular weight is 475 g/mol. The third-order valence-electron chi connectivity index (χ3n) is 6.88. The van der Waals surface area contributed by atoms with Gasteiger partial charge < -0.3 is 4.42 Å². The summed E-state index contributed by atoms with van der Waals surface area (Å²) in [5, 5.41) is 2.24. The van der Waals surface area contributed by atoms with E-state index in [4.69, 9.17) is 4.42 Å². The lowest BCUT2D eigenvalue weighted by Gasteiger charge is -2.06. The molecule has 7 rings (SSSR count). The highest BCUT2D eigenvalue weighted by molar-refractivity contribution is 6.13. The first kappa shape index (κ1) is 21.3. The molecule has 3 heteroatoms. The van der Waals surface area contributed by atoms with Crippen molar-refractivity contribution in [2.24, 2.45) is 0 Å². The fourth-order valence-corrected chi connectivity index (χ4v) is 5.05. The Morgan fingerprint density at radius 3 is 1.54 bits per heavy atom. The maximum atomic E-state index is 6.66. The summed E-state index contributed by atoms with van der Waals surface area (Å²) in [5.41, 5.74) is 10.7. The Morgan fingerprint density at radius 1 is 0.405 bits per heavy atom. The summed E-state index contributed by atoms with van der Waals surface area (Å²) in [6.07, 6.45) is 7.38. The molecule has 0 saturated carbocycles. The lowest BCUT2D eigenvalue weighted by atomic mass is 9.97. The standard InChI is InChI=1S/C34H22N2O/c1-6-25(28-9-5-19-36-22-28)20-26(7-1)30-11-3-13-32-31-12-2-10-29(33(31)37-34(30)32)24-16-14-23(15-17-24)27-8-4-18-35-21-27/h1-22H. The van der Waals surface area contributed by atoms with Crippen molar-refractivity contribution < 1.29 is 4.42 Å². The fraction of sp³-hybridized carbons (Fsp3) is 0. The monoisotopic (exact) mass is 474 g/mol. The van der Waals surface area contributed by atoms with Gasteiger partial charge in [-0.05, 0) is 46.0 Å². The SMILES string of the molecule is c1cncc(-c2ccc(-c3cccc4c3oc3c(-c5cccc(-c6cccnc6)c5)cccc34)cc2)c1. The van der Waals surface area contributed by atoms with E-state index in [1.54, 1.807) is 12.4 Å². The molecule has 7 aromatic rings. The second kappa shape index (κ2) is 8.89. The van der Waals surface area contributed by atoms with Crippen molar-refractivity contribution in [2.45, 2.75) is 0 Å². The van der Waals surface area contributed by atoms with Crippen LogP contribution in [0.5, 0.6) is 0 Å². The number of rotatable bonds is 4. The molecule has 0 amide bonds. The van der Waals surface area contributed by atoms with E-state index in [2.05, 4.69) is 107 Å². The minimum absolute atomic E-state index is 0.903. The topological polar surface area (TPSA) is 38.9 Å². The number of benzene rings is 4. The lowest BCUT2D eigenvalue weighted by Crippen LogP contribution is -1.83. The second-order valence-corrected chi connectivity index (χ2v) is 9.11. The van der Waals surface area contributed by atoms with Crippen LogP contribution in [-0.4, -0.2) is 9.97 Å². The molecule has 0 atom stereocenters. The maximum Gasteiger partial charge on any atom is 0.143 e. The number of aromatic nitrogens is 2. The minimum Gasteiger partial charge on any atom is -0.455 e. The van der Waals surface area contributed by atoms with Crippen LogP contribution in [0.1, 0.15) is 0 Å². The Morgan fingerprint density at radius 2 is 0.919 bits per heavy atom. The molecule has 0 aliphatic carbocycles. The third kappa shape index (κ3) is 3.78. The van der Waals surface area contributed by atoms with Crippen LogP contribution in [0.2, 0.25) is 0 Å². The van der Waals surface area contributed by atoms with Crippen LogP contribution in [0, 0.1) is 0 Å². The van der Waals surface area contributed by atoms with Gasteiger partial charge in [0.1, 0.15) is 11.2 Å². The highest BCUT2D eigenvalue weighted by Gasteiger charge is 2.16. The Balaban J connectivity index is 1.35. The Hall–Kier alpha value is -5.02. The van der Waals surface area contributed by atoms with Gasteiger partial charge in [0.05, 0.1) is 0 Å². The molecule has 0 unspecified atom stereocenters. The summed E-state index contributed by atoms with van der Waals surface area (Å²) in [7, 11) is 0. The highest BCUT2D eigenvalue weighted by Crippen LogP contribution is 2.40. The number of furan rings is 1. The summed E-state index contributed by atoms with van der Waals surface area (Å²) in [6.45, 7) is 0. The van der Waals surface area contributed by atoms with E-state index in [0.29, 0.717) is 0 Å². The van der Waals surface area contributed by atoms with Crippen molar-refractivity contribution in [3.8, 4) is 44.5 Å². The first-order chi connectivity index (χ1) is 18.3. The van der Waals surface area contributed by atoms with Gasteiger partial charge in [0.15, 0.2) is 0 Å². The molecule has 3 nitrogen and oxygen atoms in total. The van der Waals surface area contributed by atoms with E-state index in [9.17, 15) is 0 Å². The zero-order valence-corrected chi connectivity index (χ0v) is 20.0. The van der Waals surface area contributed by atoms with Crippen LogP contribution >= 0.6 is 0 Å². The van der Waals surface area contributed by atoms with Gasteiger partial charge in [-0.1, -0.05) is 91.0 Å². The molecule has 0 N–H and O–H groups in total. The van der Waals surface area contributed by atoms with Gasteiger partial charge in [-0.3, -0.25) is 9.97 Å². The molecular weight excluding hydrogens is 452 g/mol. The first-order valence-corrected chi connectivity index (χ1v) is 12.3. The highest BCUT2D eigenvalue weighted by atomic mass is 16.3. The number of para-hydroxylation sites is 2. The quantitative estimate of drug-likeness (QED) is 0.255. The van der Waals surface area contributed by atoms with Crippen molar-refractivity contribution >= 4 is 21.9 Å². The van der Waals surface area contributed by atoms with Crippen LogP contribution in [-0.2, 0) is 0 Å². The summed E-state index contributed by atoms with van der Waals surface area (Å²) in [4.78, 5) is 8.53. The number of fused-ring (bicyclic) bond motifs is 3. The maximum absolute atomic E-state index is 6.66. The van der Waals surface area contributed by atoms with Gasteiger partial charge in [0.2, 0.25) is 0 Å². The molecule has 0 bridgehead atoms. The number of hydrogen-bond acceptors (Lipinski definition) is 3. The van der Waals surface area contributed by atoms with Crippen molar-refractivity contribution in [1.82, 2.24) is 9.97 Å². The van der Waals surface area contributed by atoms with Crippen LogP contribution in [0.3, 0.4) is 0 Å².